The predicted molar refractivity (Wildman–Crippen MR) is 256 cm³/mol. The third kappa shape index (κ3) is 4.64. The summed E-state index contributed by atoms with van der Waals surface area (Å²) < 4.78 is 7.55. The van der Waals surface area contributed by atoms with E-state index in [1.807, 2.05) is 11.3 Å². The van der Waals surface area contributed by atoms with Crippen LogP contribution in [0.25, 0.3) is 109 Å². The van der Waals surface area contributed by atoms with Crippen LogP contribution in [0.3, 0.4) is 0 Å². The van der Waals surface area contributed by atoms with Gasteiger partial charge in [0.1, 0.15) is 0 Å². The first-order valence-corrected chi connectivity index (χ1v) is 21.7. The minimum atomic E-state index is -0.0818. The molecule has 1 aliphatic carbocycles. The molecule has 0 unspecified atom stereocenters. The van der Waals surface area contributed by atoms with Crippen LogP contribution in [0.4, 0.5) is 0 Å². The molecule has 3 heterocycles. The van der Waals surface area contributed by atoms with E-state index >= 15 is 0 Å². The van der Waals surface area contributed by atoms with E-state index in [9.17, 15) is 0 Å². The lowest BCUT2D eigenvalue weighted by Gasteiger charge is -2.22. The molecule has 0 saturated carbocycles. The summed E-state index contributed by atoms with van der Waals surface area (Å²) >= 11 is 1.91. The summed E-state index contributed by atoms with van der Waals surface area (Å²) in [7, 11) is 0. The molecule has 0 bridgehead atoms. The van der Waals surface area contributed by atoms with E-state index < -0.39 is 0 Å². The number of para-hydroxylation sites is 3. The summed E-state index contributed by atoms with van der Waals surface area (Å²) in [6.45, 7) is 4.75. The van der Waals surface area contributed by atoms with Gasteiger partial charge < -0.3 is 9.13 Å². The molecule has 13 rings (SSSR count). The zero-order chi connectivity index (χ0) is 39.7. The van der Waals surface area contributed by atoms with E-state index in [0.29, 0.717) is 0 Å². The van der Waals surface area contributed by atoms with Gasteiger partial charge in [-0.3, -0.25) is 0 Å². The van der Waals surface area contributed by atoms with Crippen LogP contribution in [0.15, 0.2) is 194 Å². The number of fused-ring (bicyclic) bond motifs is 12. The van der Waals surface area contributed by atoms with Crippen LogP contribution in [0.1, 0.15) is 25.0 Å². The van der Waals surface area contributed by atoms with E-state index in [-0.39, 0.29) is 5.41 Å². The van der Waals surface area contributed by atoms with E-state index in [4.69, 9.17) is 0 Å². The average molecular weight is 783 g/mol. The van der Waals surface area contributed by atoms with Gasteiger partial charge >= 0.3 is 0 Å². The fourth-order valence-electron chi connectivity index (χ4n) is 10.6. The number of rotatable bonds is 4. The second kappa shape index (κ2) is 12.4. The molecular weight excluding hydrogens is 745 g/mol. The summed E-state index contributed by atoms with van der Waals surface area (Å²) in [5, 5.41) is 7.65. The van der Waals surface area contributed by atoms with Gasteiger partial charge in [-0.05, 0) is 106 Å². The Bertz CT molecular complexity index is 3740. The molecule has 2 nitrogen and oxygen atoms in total. The lowest BCUT2D eigenvalue weighted by Crippen LogP contribution is -2.14. The van der Waals surface area contributed by atoms with E-state index in [0.717, 1.165) is 0 Å². The SMILES string of the molecule is CC1(C)c2ccccc2-c2ccc(-c3cc(-n4c5ccccc5c5c(-c6ccc7c(c6)c6ccccc6n7-c6ccccc6)cccc54)cc4c3sc3ccccc34)cc21. The van der Waals surface area contributed by atoms with Crippen molar-refractivity contribution < 1.29 is 0 Å². The molecule has 0 radical (unpaired) electrons. The van der Waals surface area contributed by atoms with Crippen molar-refractivity contribution in [1.82, 2.24) is 9.13 Å². The van der Waals surface area contributed by atoms with Crippen LogP contribution in [0.2, 0.25) is 0 Å². The van der Waals surface area contributed by atoms with Crippen LogP contribution in [0, 0.1) is 0 Å². The molecule has 3 heteroatoms. The van der Waals surface area contributed by atoms with Crippen molar-refractivity contribution >= 4 is 75.1 Å². The number of nitrogens with zero attached hydrogens (tertiary/aromatic N) is 2. The Balaban J connectivity index is 1.06. The fraction of sp³-hybridized carbons (Fsp3) is 0.0526. The smallest absolute Gasteiger partial charge is 0.0547 e. The summed E-state index contributed by atoms with van der Waals surface area (Å²) in [4.78, 5) is 0. The molecule has 9 aromatic carbocycles. The lowest BCUT2D eigenvalue weighted by molar-refractivity contribution is 0.660. The molecule has 12 aromatic rings. The van der Waals surface area contributed by atoms with Crippen LogP contribution in [-0.2, 0) is 5.41 Å². The summed E-state index contributed by atoms with van der Waals surface area (Å²) in [6, 6.07) is 72.3. The topological polar surface area (TPSA) is 9.86 Å². The molecule has 0 amide bonds. The normalized spacial score (nSPS) is 13.3. The standard InChI is InChI=1S/C57H38N2S/c1-57(2)48-22-10-6-17-40(48)41-29-27-36(32-49(41)57)45-33-38(34-47-43-19-9-13-26-54(43)60-56(45)47)59-51-24-12-8-20-44(51)55-39(21-14-25-53(55)59)35-28-30-52-46(31-35)42-18-7-11-23-50(42)58(52)37-15-4-3-5-16-37/h3-34H,1-2H3. The third-order valence-electron chi connectivity index (χ3n) is 13.3. The van der Waals surface area contributed by atoms with Crippen LogP contribution < -0.4 is 0 Å². The van der Waals surface area contributed by atoms with Crippen molar-refractivity contribution in [2.45, 2.75) is 19.3 Å². The molecule has 3 aromatic heterocycles. The average Bonchev–Trinajstić information content (AvgIpc) is 4.01. The van der Waals surface area contributed by atoms with Crippen LogP contribution >= 0.6 is 11.3 Å². The summed E-state index contributed by atoms with van der Waals surface area (Å²) in [6.07, 6.45) is 0. The molecule has 282 valence electrons. The molecule has 0 saturated heterocycles. The largest absolute Gasteiger partial charge is 0.309 e. The maximum atomic E-state index is 2.51. The van der Waals surface area contributed by atoms with Crippen molar-refractivity contribution in [3.8, 4) is 44.8 Å². The fourth-order valence-corrected chi connectivity index (χ4v) is 11.8. The van der Waals surface area contributed by atoms with Gasteiger partial charge in [-0.2, -0.15) is 0 Å². The highest BCUT2D eigenvalue weighted by molar-refractivity contribution is 7.26. The third-order valence-corrected chi connectivity index (χ3v) is 14.5. The number of hydrogen-bond donors (Lipinski definition) is 0. The van der Waals surface area contributed by atoms with Gasteiger partial charge in [-0.25, -0.2) is 0 Å². The van der Waals surface area contributed by atoms with Gasteiger partial charge in [0.15, 0.2) is 0 Å². The van der Waals surface area contributed by atoms with Crippen LogP contribution in [0.5, 0.6) is 0 Å². The Labute approximate surface area is 351 Å². The summed E-state index contributed by atoms with van der Waals surface area (Å²) in [5.74, 6) is 0. The number of aromatic nitrogens is 2. The number of hydrogen-bond acceptors (Lipinski definition) is 1. The van der Waals surface area contributed by atoms with Gasteiger partial charge in [0.05, 0.1) is 22.1 Å². The molecule has 60 heavy (non-hydrogen) atoms. The minimum Gasteiger partial charge on any atom is -0.309 e. The van der Waals surface area contributed by atoms with Crippen molar-refractivity contribution in [3.05, 3.63) is 205 Å². The molecule has 0 spiro atoms. The van der Waals surface area contributed by atoms with Crippen molar-refractivity contribution in [3.63, 3.8) is 0 Å². The molecule has 0 aliphatic heterocycles. The van der Waals surface area contributed by atoms with Gasteiger partial charge in [-0.15, -0.1) is 11.3 Å². The molecular formula is C57H38N2S. The highest BCUT2D eigenvalue weighted by Crippen LogP contribution is 2.51. The zero-order valence-corrected chi connectivity index (χ0v) is 34.1. The predicted octanol–water partition coefficient (Wildman–Crippen LogP) is 15.9. The first-order chi connectivity index (χ1) is 29.5. The Morgan fingerprint density at radius 3 is 1.85 bits per heavy atom. The molecule has 0 N–H and O–H groups in total. The Morgan fingerprint density at radius 1 is 0.367 bits per heavy atom. The van der Waals surface area contributed by atoms with Crippen LogP contribution in [-0.4, -0.2) is 9.13 Å². The van der Waals surface area contributed by atoms with E-state index in [2.05, 4.69) is 217 Å². The number of benzene rings is 9. The maximum Gasteiger partial charge on any atom is 0.0547 e. The second-order valence-electron chi connectivity index (χ2n) is 16.9. The maximum absolute atomic E-state index is 2.51. The van der Waals surface area contributed by atoms with Gasteiger partial charge in [0, 0.05) is 64.1 Å². The second-order valence-corrected chi connectivity index (χ2v) is 17.9. The first-order valence-electron chi connectivity index (χ1n) is 20.8. The highest BCUT2D eigenvalue weighted by atomic mass is 32.1. The first kappa shape index (κ1) is 33.7. The van der Waals surface area contributed by atoms with Crippen molar-refractivity contribution in [2.24, 2.45) is 0 Å². The van der Waals surface area contributed by atoms with Gasteiger partial charge in [-0.1, -0.05) is 141 Å². The van der Waals surface area contributed by atoms with E-state index in [1.165, 1.54) is 120 Å². The molecule has 0 fully saturated rings. The number of thiophene rings is 1. The molecule has 1 aliphatic rings. The summed E-state index contributed by atoms with van der Waals surface area (Å²) in [5.41, 5.74) is 17.6. The quantitative estimate of drug-likeness (QED) is 0.168. The lowest BCUT2D eigenvalue weighted by atomic mass is 9.81. The minimum absolute atomic E-state index is 0.0818. The van der Waals surface area contributed by atoms with E-state index in [1.54, 1.807) is 0 Å². The Hall–Kier alpha value is -7.20. The highest BCUT2D eigenvalue weighted by Gasteiger charge is 2.35. The zero-order valence-electron chi connectivity index (χ0n) is 33.3. The monoisotopic (exact) mass is 782 g/mol. The van der Waals surface area contributed by atoms with Gasteiger partial charge in [0.2, 0.25) is 0 Å². The van der Waals surface area contributed by atoms with Gasteiger partial charge in [0.25, 0.3) is 0 Å². The van der Waals surface area contributed by atoms with Crippen molar-refractivity contribution in [1.29, 1.82) is 0 Å². The Morgan fingerprint density at radius 2 is 0.983 bits per heavy atom. The van der Waals surface area contributed by atoms with Crippen molar-refractivity contribution in [2.75, 3.05) is 0 Å². The molecule has 0 atom stereocenters. The Kier molecular flexibility index (Phi) is 6.98.